The van der Waals surface area contributed by atoms with Crippen LogP contribution < -0.4 is 5.32 Å². The van der Waals surface area contributed by atoms with Crippen molar-refractivity contribution in [3.63, 3.8) is 0 Å². The van der Waals surface area contributed by atoms with Crippen molar-refractivity contribution in [2.24, 2.45) is 5.92 Å². The highest BCUT2D eigenvalue weighted by Gasteiger charge is 2.13. The maximum Gasteiger partial charge on any atom is 0.323 e. The molecule has 2 amide bonds. The Labute approximate surface area is 103 Å². The Morgan fingerprint density at radius 3 is 2.47 bits per heavy atom. The second-order valence-electron chi connectivity index (χ2n) is 4.35. The van der Waals surface area contributed by atoms with Crippen molar-refractivity contribution >= 4 is 12.0 Å². The number of hydrogen-bond donors (Lipinski definition) is 2. The molecule has 0 spiro atoms. The van der Waals surface area contributed by atoms with Crippen molar-refractivity contribution in [2.45, 2.75) is 39.5 Å². The van der Waals surface area contributed by atoms with Gasteiger partial charge in [0.2, 0.25) is 0 Å². The molecule has 17 heavy (non-hydrogen) atoms. The van der Waals surface area contributed by atoms with Crippen molar-refractivity contribution in [3.05, 3.63) is 0 Å². The van der Waals surface area contributed by atoms with E-state index in [4.69, 9.17) is 5.11 Å². The molecule has 5 heteroatoms. The van der Waals surface area contributed by atoms with Crippen molar-refractivity contribution < 1.29 is 14.7 Å². The van der Waals surface area contributed by atoms with Gasteiger partial charge in [0.05, 0.1) is 0 Å². The minimum absolute atomic E-state index is 0.266. The summed E-state index contributed by atoms with van der Waals surface area (Å²) in [5.74, 6) is -0.516. The summed E-state index contributed by atoms with van der Waals surface area (Å²) in [6, 6.07) is -0.317. The van der Waals surface area contributed by atoms with Gasteiger partial charge in [-0.25, -0.2) is 4.79 Å². The van der Waals surface area contributed by atoms with Crippen LogP contribution >= 0.6 is 0 Å². The van der Waals surface area contributed by atoms with E-state index in [0.717, 1.165) is 19.3 Å². The summed E-state index contributed by atoms with van der Waals surface area (Å²) in [4.78, 5) is 23.1. The number of likely N-dealkylation sites (N-methyl/N-ethyl adjacent to an activating group) is 1. The number of carbonyl (C=O) groups excluding carboxylic acids is 1. The molecule has 0 bridgehead atoms. The molecule has 5 nitrogen and oxygen atoms in total. The van der Waals surface area contributed by atoms with Crippen LogP contribution in [0.4, 0.5) is 4.79 Å². The molecule has 0 aliphatic carbocycles. The normalized spacial score (nSPS) is 11.9. The number of aliphatic carboxylic acids is 1. The van der Waals surface area contributed by atoms with E-state index in [1.807, 2.05) is 0 Å². The van der Waals surface area contributed by atoms with E-state index < -0.39 is 5.97 Å². The maximum absolute atomic E-state index is 11.5. The predicted octanol–water partition coefficient (Wildman–Crippen LogP) is 1.93. The average molecular weight is 244 g/mol. The first-order valence-corrected chi connectivity index (χ1v) is 6.21. The summed E-state index contributed by atoms with van der Waals surface area (Å²) in [5, 5.41) is 11.3. The molecule has 1 atom stereocenters. The van der Waals surface area contributed by atoms with Gasteiger partial charge in [-0.2, -0.15) is 0 Å². The van der Waals surface area contributed by atoms with Gasteiger partial charge < -0.3 is 15.3 Å². The number of carboxylic acids is 1. The molecule has 0 aliphatic rings. The first-order valence-electron chi connectivity index (χ1n) is 6.21. The van der Waals surface area contributed by atoms with Crippen LogP contribution in [0.15, 0.2) is 0 Å². The lowest BCUT2D eigenvalue weighted by Crippen LogP contribution is -2.41. The molecule has 2 N–H and O–H groups in total. The van der Waals surface area contributed by atoms with E-state index >= 15 is 0 Å². The van der Waals surface area contributed by atoms with E-state index in [9.17, 15) is 9.59 Å². The lowest BCUT2D eigenvalue weighted by Gasteiger charge is -2.19. The zero-order chi connectivity index (χ0) is 13.3. The number of urea groups is 1. The van der Waals surface area contributed by atoms with Gasteiger partial charge in [0.25, 0.3) is 0 Å². The highest BCUT2D eigenvalue weighted by atomic mass is 16.4. The zero-order valence-corrected chi connectivity index (χ0v) is 11.0. The van der Waals surface area contributed by atoms with Crippen LogP contribution in [-0.4, -0.2) is 42.1 Å². The highest BCUT2D eigenvalue weighted by Crippen LogP contribution is 2.11. The lowest BCUT2D eigenvalue weighted by molar-refractivity contribution is -0.137. The Morgan fingerprint density at radius 1 is 1.35 bits per heavy atom. The van der Waals surface area contributed by atoms with Crippen LogP contribution in [-0.2, 0) is 4.79 Å². The van der Waals surface area contributed by atoms with Gasteiger partial charge in [-0.1, -0.05) is 33.1 Å². The van der Waals surface area contributed by atoms with E-state index in [1.54, 1.807) is 0 Å². The average Bonchev–Trinajstić information content (AvgIpc) is 2.28. The molecule has 0 radical (unpaired) electrons. The lowest BCUT2D eigenvalue weighted by atomic mass is 9.99. The smallest absolute Gasteiger partial charge is 0.323 e. The van der Waals surface area contributed by atoms with Gasteiger partial charge in [0.1, 0.15) is 6.54 Å². The van der Waals surface area contributed by atoms with E-state index in [1.165, 1.54) is 18.4 Å². The van der Waals surface area contributed by atoms with Gasteiger partial charge in [0.15, 0.2) is 0 Å². The first kappa shape index (κ1) is 15.7. The molecular formula is C12H24N2O3. The predicted molar refractivity (Wildman–Crippen MR) is 67.0 cm³/mol. The van der Waals surface area contributed by atoms with E-state index in [2.05, 4.69) is 19.2 Å². The topological polar surface area (TPSA) is 69.6 Å². The van der Waals surface area contributed by atoms with Gasteiger partial charge in [-0.05, 0) is 12.3 Å². The minimum Gasteiger partial charge on any atom is -0.480 e. The number of nitrogens with zero attached hydrogens (tertiary/aromatic N) is 1. The Balaban J connectivity index is 3.90. The molecule has 0 aromatic rings. The van der Waals surface area contributed by atoms with Crippen molar-refractivity contribution in [1.29, 1.82) is 0 Å². The Kier molecular flexibility index (Phi) is 8.19. The second kappa shape index (κ2) is 8.84. The fourth-order valence-corrected chi connectivity index (χ4v) is 1.58. The standard InChI is InChI=1S/C12H24N2O3/c1-4-6-7-10(5-2)8-13-12(17)14(3)9-11(15)16/h10H,4-9H2,1-3H3,(H,13,17)(H,15,16). The third-order valence-corrected chi connectivity index (χ3v) is 2.80. The molecule has 100 valence electrons. The number of carboxylic acid groups (broad SMARTS) is 1. The molecule has 0 aliphatic heterocycles. The van der Waals surface area contributed by atoms with Gasteiger partial charge >= 0.3 is 12.0 Å². The molecular weight excluding hydrogens is 220 g/mol. The Bertz CT molecular complexity index is 244. The number of amides is 2. The summed E-state index contributed by atoms with van der Waals surface area (Å²) >= 11 is 0. The molecule has 0 saturated heterocycles. The van der Waals surface area contributed by atoms with Gasteiger partial charge in [0, 0.05) is 13.6 Å². The number of nitrogens with one attached hydrogen (secondary N) is 1. The monoisotopic (exact) mass is 244 g/mol. The molecule has 0 heterocycles. The molecule has 0 rings (SSSR count). The third-order valence-electron chi connectivity index (χ3n) is 2.80. The minimum atomic E-state index is -0.999. The van der Waals surface area contributed by atoms with Crippen LogP contribution in [0.1, 0.15) is 39.5 Å². The Hall–Kier alpha value is -1.26. The number of hydrogen-bond acceptors (Lipinski definition) is 2. The fraction of sp³-hybridized carbons (Fsp3) is 0.833. The van der Waals surface area contributed by atoms with Crippen LogP contribution in [0.3, 0.4) is 0 Å². The molecule has 0 aromatic carbocycles. The fourth-order valence-electron chi connectivity index (χ4n) is 1.58. The molecule has 0 saturated carbocycles. The first-order chi connectivity index (χ1) is 8.01. The van der Waals surface area contributed by atoms with Crippen molar-refractivity contribution in [3.8, 4) is 0 Å². The maximum atomic E-state index is 11.5. The Morgan fingerprint density at radius 2 is 2.00 bits per heavy atom. The molecule has 1 unspecified atom stereocenters. The largest absolute Gasteiger partial charge is 0.480 e. The molecule has 0 fully saturated rings. The van der Waals surface area contributed by atoms with Crippen molar-refractivity contribution in [2.75, 3.05) is 20.1 Å². The summed E-state index contributed by atoms with van der Waals surface area (Å²) in [5.41, 5.74) is 0. The third kappa shape index (κ3) is 7.60. The quantitative estimate of drug-likeness (QED) is 0.685. The van der Waals surface area contributed by atoms with Gasteiger partial charge in [-0.3, -0.25) is 4.79 Å². The van der Waals surface area contributed by atoms with Crippen LogP contribution in [0.25, 0.3) is 0 Å². The highest BCUT2D eigenvalue weighted by molar-refractivity contribution is 5.79. The molecule has 0 aromatic heterocycles. The van der Waals surface area contributed by atoms with E-state index in [0.29, 0.717) is 12.5 Å². The number of carbonyl (C=O) groups is 2. The number of rotatable bonds is 8. The summed E-state index contributed by atoms with van der Waals surface area (Å²) in [6.45, 7) is 4.61. The number of unbranched alkanes of at least 4 members (excludes halogenated alkanes) is 1. The SMILES string of the molecule is CCCCC(CC)CNC(=O)N(C)CC(=O)O. The van der Waals surface area contributed by atoms with Crippen LogP contribution in [0.2, 0.25) is 0 Å². The zero-order valence-electron chi connectivity index (χ0n) is 11.0. The summed E-state index contributed by atoms with van der Waals surface area (Å²) < 4.78 is 0. The van der Waals surface area contributed by atoms with Crippen LogP contribution in [0, 0.1) is 5.92 Å². The second-order valence-corrected chi connectivity index (χ2v) is 4.35. The summed E-state index contributed by atoms with van der Waals surface area (Å²) in [6.07, 6.45) is 4.46. The summed E-state index contributed by atoms with van der Waals surface area (Å²) in [7, 11) is 1.48. The van der Waals surface area contributed by atoms with Crippen molar-refractivity contribution in [1.82, 2.24) is 10.2 Å². The van der Waals surface area contributed by atoms with Gasteiger partial charge in [-0.15, -0.1) is 0 Å². The van der Waals surface area contributed by atoms with Crippen LogP contribution in [0.5, 0.6) is 0 Å². The van der Waals surface area contributed by atoms with E-state index in [-0.39, 0.29) is 12.6 Å².